The Morgan fingerprint density at radius 1 is 1.00 bits per heavy atom. The average Bonchev–Trinajstić information content (AvgIpc) is 2.48. The number of amides is 1. The van der Waals surface area contributed by atoms with E-state index in [1.54, 1.807) is 12.0 Å². The van der Waals surface area contributed by atoms with Crippen LogP contribution in [0.1, 0.15) is 58.2 Å². The highest BCUT2D eigenvalue weighted by atomic mass is 28.3. The van der Waals surface area contributed by atoms with Crippen LogP contribution in [0.3, 0.4) is 0 Å². The summed E-state index contributed by atoms with van der Waals surface area (Å²) in [5.41, 5.74) is 5.62. The molecule has 1 rings (SSSR count). The minimum absolute atomic E-state index is 0.210. The van der Waals surface area contributed by atoms with Gasteiger partial charge in [-0.25, -0.2) is 4.79 Å². The Morgan fingerprint density at radius 2 is 1.57 bits per heavy atom. The van der Waals surface area contributed by atoms with Gasteiger partial charge >= 0.3 is 6.09 Å². The SMILES string of the molecule is COCc1cc(C#C[Si](C)(C)C)ccc1COC(=O)N(C(C)(C)C)C(C)(C)C. The summed E-state index contributed by atoms with van der Waals surface area (Å²) in [6.07, 6.45) is -0.314. The zero-order valence-electron chi connectivity index (χ0n) is 19.3. The minimum atomic E-state index is -1.44. The zero-order chi connectivity index (χ0) is 21.8. The van der Waals surface area contributed by atoms with E-state index in [2.05, 4.69) is 31.1 Å². The molecule has 0 fully saturated rings. The quantitative estimate of drug-likeness (QED) is 0.485. The van der Waals surface area contributed by atoms with Crippen molar-refractivity contribution in [1.82, 2.24) is 4.90 Å². The summed E-state index contributed by atoms with van der Waals surface area (Å²) < 4.78 is 11.0. The minimum Gasteiger partial charge on any atom is -0.445 e. The molecular weight excluding hydrogens is 366 g/mol. The van der Waals surface area contributed by atoms with Gasteiger partial charge in [-0.2, -0.15) is 0 Å². The van der Waals surface area contributed by atoms with Crippen LogP contribution in [0.5, 0.6) is 0 Å². The maximum Gasteiger partial charge on any atom is 0.410 e. The molecule has 0 saturated carbocycles. The summed E-state index contributed by atoms with van der Waals surface area (Å²) in [6.45, 7) is 19.4. The van der Waals surface area contributed by atoms with E-state index in [4.69, 9.17) is 9.47 Å². The molecular formula is C23H37NO3Si. The molecule has 0 aromatic heterocycles. The Balaban J connectivity index is 3.04. The highest BCUT2D eigenvalue weighted by Gasteiger charge is 2.36. The fourth-order valence-electron chi connectivity index (χ4n) is 3.15. The second-order valence-corrected chi connectivity index (χ2v) is 14.9. The third-order valence-electron chi connectivity index (χ3n) is 3.96. The van der Waals surface area contributed by atoms with Gasteiger partial charge < -0.3 is 9.47 Å². The van der Waals surface area contributed by atoms with Crippen molar-refractivity contribution in [3.05, 3.63) is 34.9 Å². The Bertz CT molecular complexity index is 726. The molecule has 4 nitrogen and oxygen atoms in total. The van der Waals surface area contributed by atoms with Crippen molar-refractivity contribution in [3.63, 3.8) is 0 Å². The molecule has 0 radical (unpaired) electrons. The number of hydrogen-bond acceptors (Lipinski definition) is 3. The Kier molecular flexibility index (Phi) is 7.93. The lowest BCUT2D eigenvalue weighted by atomic mass is 9.97. The van der Waals surface area contributed by atoms with Crippen LogP contribution in [0.25, 0.3) is 0 Å². The van der Waals surface area contributed by atoms with Gasteiger partial charge in [-0.1, -0.05) is 31.6 Å². The molecule has 0 saturated heterocycles. The summed E-state index contributed by atoms with van der Waals surface area (Å²) in [7, 11) is 0.228. The van der Waals surface area contributed by atoms with Gasteiger partial charge in [-0.3, -0.25) is 4.90 Å². The first-order valence-corrected chi connectivity index (χ1v) is 13.3. The number of benzene rings is 1. The average molecular weight is 404 g/mol. The first-order chi connectivity index (χ1) is 12.6. The van der Waals surface area contributed by atoms with Crippen molar-refractivity contribution in [3.8, 4) is 11.5 Å². The van der Waals surface area contributed by atoms with Crippen molar-refractivity contribution in [1.29, 1.82) is 0 Å². The zero-order valence-corrected chi connectivity index (χ0v) is 20.3. The topological polar surface area (TPSA) is 38.8 Å². The van der Waals surface area contributed by atoms with Gasteiger partial charge in [0, 0.05) is 23.8 Å². The van der Waals surface area contributed by atoms with Crippen LogP contribution in [0.4, 0.5) is 4.79 Å². The molecule has 5 heteroatoms. The summed E-state index contributed by atoms with van der Waals surface area (Å²) in [6, 6.07) is 6.00. The first-order valence-electron chi connectivity index (χ1n) is 9.76. The molecule has 28 heavy (non-hydrogen) atoms. The molecule has 0 aliphatic heterocycles. The first kappa shape index (κ1) is 24.3. The van der Waals surface area contributed by atoms with Gasteiger partial charge in [0.05, 0.1) is 6.61 Å². The maximum absolute atomic E-state index is 12.8. The second kappa shape index (κ2) is 9.15. The van der Waals surface area contributed by atoms with Crippen molar-refractivity contribution < 1.29 is 14.3 Å². The largest absolute Gasteiger partial charge is 0.445 e. The van der Waals surface area contributed by atoms with Gasteiger partial charge in [0.15, 0.2) is 0 Å². The molecule has 0 unspecified atom stereocenters. The summed E-state index contributed by atoms with van der Waals surface area (Å²) in [5.74, 6) is 3.27. The van der Waals surface area contributed by atoms with Crippen LogP contribution in [0, 0.1) is 11.5 Å². The molecule has 0 bridgehead atoms. The van der Waals surface area contributed by atoms with Crippen LogP contribution in [-0.4, -0.2) is 37.3 Å². The predicted molar refractivity (Wildman–Crippen MR) is 119 cm³/mol. The molecule has 0 aliphatic carbocycles. The lowest BCUT2D eigenvalue weighted by molar-refractivity contribution is 0.0167. The number of ether oxygens (including phenoxy) is 2. The van der Waals surface area contributed by atoms with Gasteiger partial charge in [0.2, 0.25) is 0 Å². The number of nitrogens with zero attached hydrogens (tertiary/aromatic N) is 1. The van der Waals surface area contributed by atoms with Crippen LogP contribution >= 0.6 is 0 Å². The fraction of sp³-hybridized carbons (Fsp3) is 0.609. The number of hydrogen-bond donors (Lipinski definition) is 0. The van der Waals surface area contributed by atoms with Gasteiger partial charge in [0.1, 0.15) is 14.7 Å². The van der Waals surface area contributed by atoms with E-state index in [0.717, 1.165) is 16.7 Å². The second-order valence-electron chi connectivity index (χ2n) is 10.1. The molecule has 1 amide bonds. The van der Waals surface area contributed by atoms with E-state index in [0.29, 0.717) is 6.61 Å². The predicted octanol–water partition coefficient (Wildman–Crippen LogP) is 5.60. The Morgan fingerprint density at radius 3 is 2.04 bits per heavy atom. The van der Waals surface area contributed by atoms with E-state index in [1.165, 1.54) is 0 Å². The molecule has 1 aromatic carbocycles. The van der Waals surface area contributed by atoms with E-state index in [9.17, 15) is 4.79 Å². The van der Waals surface area contributed by atoms with Crippen LogP contribution < -0.4 is 0 Å². The van der Waals surface area contributed by atoms with E-state index in [-0.39, 0.29) is 23.8 Å². The molecule has 0 heterocycles. The highest BCUT2D eigenvalue weighted by molar-refractivity contribution is 6.83. The summed E-state index contributed by atoms with van der Waals surface area (Å²) >= 11 is 0. The van der Waals surface area contributed by atoms with Crippen molar-refractivity contribution in [2.45, 2.75) is 85.5 Å². The summed E-state index contributed by atoms with van der Waals surface area (Å²) in [4.78, 5) is 14.6. The lowest BCUT2D eigenvalue weighted by Gasteiger charge is -2.44. The smallest absolute Gasteiger partial charge is 0.410 e. The van der Waals surface area contributed by atoms with Gasteiger partial charge in [0.25, 0.3) is 0 Å². The molecule has 1 aromatic rings. The normalized spacial score (nSPS) is 12.2. The van der Waals surface area contributed by atoms with Gasteiger partial charge in [-0.05, 0) is 64.8 Å². The molecule has 0 N–H and O–H groups in total. The number of methoxy groups -OCH3 is 1. The van der Waals surface area contributed by atoms with Crippen molar-refractivity contribution >= 4 is 14.2 Å². The maximum atomic E-state index is 12.8. The molecule has 0 aliphatic rings. The van der Waals surface area contributed by atoms with Gasteiger partial charge in [-0.15, -0.1) is 5.54 Å². The highest BCUT2D eigenvalue weighted by Crippen LogP contribution is 2.26. The monoisotopic (exact) mass is 403 g/mol. The van der Waals surface area contributed by atoms with E-state index >= 15 is 0 Å². The number of rotatable bonds is 4. The van der Waals surface area contributed by atoms with E-state index in [1.807, 2.05) is 59.7 Å². The fourth-order valence-corrected chi connectivity index (χ4v) is 3.67. The Labute approximate surface area is 172 Å². The summed E-state index contributed by atoms with van der Waals surface area (Å²) in [5, 5.41) is 0. The number of carbonyl (C=O) groups excluding carboxylic acids is 1. The van der Waals surface area contributed by atoms with Crippen LogP contribution in [-0.2, 0) is 22.7 Å². The molecule has 0 spiro atoms. The third-order valence-corrected chi connectivity index (χ3v) is 4.84. The standard InChI is InChI=1S/C23H37NO3Si/c1-22(2,3)24(23(4,5)6)21(25)27-17-19-12-11-18(13-14-28(8,9)10)15-20(19)16-26-7/h11-12,15H,16-17H2,1-10H3. The van der Waals surface area contributed by atoms with Crippen molar-refractivity contribution in [2.75, 3.05) is 7.11 Å². The van der Waals surface area contributed by atoms with Crippen LogP contribution in [0.15, 0.2) is 18.2 Å². The Hall–Kier alpha value is -1.77. The van der Waals surface area contributed by atoms with Crippen LogP contribution in [0.2, 0.25) is 19.6 Å². The van der Waals surface area contributed by atoms with E-state index < -0.39 is 8.07 Å². The molecule has 156 valence electrons. The van der Waals surface area contributed by atoms with Crippen molar-refractivity contribution in [2.24, 2.45) is 0 Å². The molecule has 0 atom stereocenters. The number of carbonyl (C=O) groups is 1. The third kappa shape index (κ3) is 7.69. The lowest BCUT2D eigenvalue weighted by Crippen LogP contribution is -2.55.